The summed E-state index contributed by atoms with van der Waals surface area (Å²) in [6, 6.07) is 3.70. The fraction of sp³-hybridized carbons (Fsp3) is 0.357. The molecule has 2 aromatic rings. The van der Waals surface area contributed by atoms with Crippen LogP contribution in [-0.4, -0.2) is 41.1 Å². The monoisotopic (exact) mass is 323 g/mol. The molecule has 7 heteroatoms. The molecule has 0 aliphatic carbocycles. The van der Waals surface area contributed by atoms with Gasteiger partial charge in [0.05, 0.1) is 5.02 Å². The quantitative estimate of drug-likeness (QED) is 0.812. The minimum absolute atomic E-state index is 0.423. The highest BCUT2D eigenvalue weighted by atomic mass is 35.5. The van der Waals surface area contributed by atoms with Crippen molar-refractivity contribution in [3.63, 3.8) is 0 Å². The van der Waals surface area contributed by atoms with E-state index in [-0.39, 0.29) is 0 Å². The zero-order valence-corrected chi connectivity index (χ0v) is 12.9. The second-order valence-corrected chi connectivity index (χ2v) is 5.48. The Morgan fingerprint density at radius 2 is 1.67 bits per heavy atom. The van der Waals surface area contributed by atoms with E-state index in [1.54, 1.807) is 18.6 Å². The van der Waals surface area contributed by atoms with Crippen LogP contribution >= 0.6 is 23.2 Å². The molecule has 1 aliphatic rings. The first-order valence-electron chi connectivity index (χ1n) is 6.75. The second kappa shape index (κ2) is 6.45. The van der Waals surface area contributed by atoms with E-state index in [0.29, 0.717) is 10.9 Å². The van der Waals surface area contributed by atoms with Crippen molar-refractivity contribution in [2.45, 2.75) is 5.88 Å². The van der Waals surface area contributed by atoms with Gasteiger partial charge in [-0.2, -0.15) is 0 Å². The van der Waals surface area contributed by atoms with E-state index in [2.05, 4.69) is 24.8 Å². The van der Waals surface area contributed by atoms with Crippen LogP contribution in [0.3, 0.4) is 0 Å². The summed E-state index contributed by atoms with van der Waals surface area (Å²) in [6.07, 6.45) is 5.30. The van der Waals surface area contributed by atoms with E-state index >= 15 is 0 Å². The molecule has 0 N–H and O–H groups in total. The molecule has 0 radical (unpaired) electrons. The lowest BCUT2D eigenvalue weighted by Gasteiger charge is -2.35. The molecular weight excluding hydrogens is 309 g/mol. The van der Waals surface area contributed by atoms with E-state index < -0.39 is 0 Å². The van der Waals surface area contributed by atoms with Gasteiger partial charge in [0.25, 0.3) is 0 Å². The van der Waals surface area contributed by atoms with Crippen molar-refractivity contribution in [3.8, 4) is 0 Å². The van der Waals surface area contributed by atoms with E-state index in [4.69, 9.17) is 23.2 Å². The van der Waals surface area contributed by atoms with E-state index in [1.165, 1.54) is 0 Å². The average Bonchev–Trinajstić information content (AvgIpc) is 2.56. The molecule has 3 heterocycles. The summed E-state index contributed by atoms with van der Waals surface area (Å²) in [7, 11) is 0. The van der Waals surface area contributed by atoms with Crippen LogP contribution in [0.5, 0.6) is 0 Å². The summed E-state index contributed by atoms with van der Waals surface area (Å²) < 4.78 is 0. The molecule has 0 amide bonds. The Bertz CT molecular complexity index is 600. The maximum Gasteiger partial charge on any atom is 0.225 e. The highest BCUT2D eigenvalue weighted by molar-refractivity contribution is 6.33. The van der Waals surface area contributed by atoms with Crippen molar-refractivity contribution in [2.24, 2.45) is 0 Å². The molecule has 0 aromatic carbocycles. The van der Waals surface area contributed by atoms with Gasteiger partial charge in [0.15, 0.2) is 0 Å². The minimum Gasteiger partial charge on any atom is -0.352 e. The first-order chi connectivity index (χ1) is 10.3. The smallest absolute Gasteiger partial charge is 0.225 e. The van der Waals surface area contributed by atoms with Gasteiger partial charge in [0.1, 0.15) is 5.82 Å². The second-order valence-electron chi connectivity index (χ2n) is 4.81. The number of nitrogens with zero attached hydrogens (tertiary/aromatic N) is 5. The average molecular weight is 324 g/mol. The van der Waals surface area contributed by atoms with Crippen molar-refractivity contribution in [3.05, 3.63) is 41.3 Å². The molecule has 5 nitrogen and oxygen atoms in total. The summed E-state index contributed by atoms with van der Waals surface area (Å²) in [5.41, 5.74) is 0.932. The molecule has 0 unspecified atom stereocenters. The summed E-state index contributed by atoms with van der Waals surface area (Å²) in [5, 5.41) is 0.651. The lowest BCUT2D eigenvalue weighted by Crippen LogP contribution is -2.47. The lowest BCUT2D eigenvalue weighted by atomic mass is 10.2. The molecule has 0 saturated carbocycles. The number of alkyl halides is 1. The van der Waals surface area contributed by atoms with Crippen LogP contribution in [0.2, 0.25) is 5.02 Å². The summed E-state index contributed by atoms with van der Waals surface area (Å²) in [6.45, 7) is 3.37. The van der Waals surface area contributed by atoms with Gasteiger partial charge in [-0.15, -0.1) is 11.6 Å². The Labute approximate surface area is 133 Å². The fourth-order valence-electron chi connectivity index (χ4n) is 2.35. The molecule has 0 atom stereocenters. The number of anilines is 2. The molecule has 1 aliphatic heterocycles. The van der Waals surface area contributed by atoms with Gasteiger partial charge in [0.2, 0.25) is 5.95 Å². The fourth-order valence-corrected chi connectivity index (χ4v) is 2.80. The topological polar surface area (TPSA) is 45.2 Å². The third-order valence-corrected chi connectivity index (χ3v) is 4.03. The Morgan fingerprint density at radius 1 is 1.00 bits per heavy atom. The zero-order chi connectivity index (χ0) is 14.7. The Kier molecular flexibility index (Phi) is 4.41. The number of hydrogen-bond acceptors (Lipinski definition) is 5. The minimum atomic E-state index is 0.423. The standard InChI is InChI=1S/C14H15Cl2N5/c15-9-11-8-12(16)13(19-10-11)20-4-6-21(7-5-20)14-17-2-1-3-18-14/h1-3,8,10H,4-7,9H2. The van der Waals surface area contributed by atoms with Gasteiger partial charge >= 0.3 is 0 Å². The number of piperazine rings is 1. The molecule has 0 spiro atoms. The van der Waals surface area contributed by atoms with Crippen LogP contribution < -0.4 is 9.80 Å². The zero-order valence-electron chi connectivity index (χ0n) is 11.4. The maximum absolute atomic E-state index is 6.29. The third kappa shape index (κ3) is 3.19. The van der Waals surface area contributed by atoms with Crippen LogP contribution in [-0.2, 0) is 5.88 Å². The Hall–Kier alpha value is -1.59. The normalized spacial score (nSPS) is 15.3. The molecule has 21 heavy (non-hydrogen) atoms. The molecule has 110 valence electrons. The highest BCUT2D eigenvalue weighted by Gasteiger charge is 2.21. The summed E-state index contributed by atoms with van der Waals surface area (Å²) in [4.78, 5) is 17.3. The number of halogens is 2. The predicted molar refractivity (Wildman–Crippen MR) is 85.3 cm³/mol. The van der Waals surface area contributed by atoms with Crippen molar-refractivity contribution < 1.29 is 0 Å². The van der Waals surface area contributed by atoms with E-state index in [0.717, 1.165) is 43.5 Å². The summed E-state index contributed by atoms with van der Waals surface area (Å²) >= 11 is 12.1. The first-order valence-corrected chi connectivity index (χ1v) is 7.66. The van der Waals surface area contributed by atoms with Gasteiger partial charge in [-0.05, 0) is 17.7 Å². The van der Waals surface area contributed by atoms with Gasteiger partial charge in [-0.3, -0.25) is 0 Å². The van der Waals surface area contributed by atoms with Crippen LogP contribution in [0.15, 0.2) is 30.7 Å². The van der Waals surface area contributed by atoms with Crippen molar-refractivity contribution in [1.29, 1.82) is 0 Å². The Balaban J connectivity index is 1.68. The van der Waals surface area contributed by atoms with Gasteiger partial charge < -0.3 is 9.80 Å². The van der Waals surface area contributed by atoms with Gasteiger partial charge in [0, 0.05) is 50.6 Å². The highest BCUT2D eigenvalue weighted by Crippen LogP contribution is 2.26. The molecular formula is C14H15Cl2N5. The number of aromatic nitrogens is 3. The van der Waals surface area contributed by atoms with E-state index in [9.17, 15) is 0 Å². The largest absolute Gasteiger partial charge is 0.352 e. The summed E-state index contributed by atoms with van der Waals surface area (Å²) in [5.74, 6) is 2.01. The number of pyridine rings is 1. The van der Waals surface area contributed by atoms with Crippen molar-refractivity contribution in [1.82, 2.24) is 15.0 Å². The third-order valence-electron chi connectivity index (χ3n) is 3.45. The van der Waals surface area contributed by atoms with Crippen molar-refractivity contribution in [2.75, 3.05) is 36.0 Å². The van der Waals surface area contributed by atoms with Crippen LogP contribution in [0, 0.1) is 0 Å². The molecule has 1 saturated heterocycles. The van der Waals surface area contributed by atoms with Gasteiger partial charge in [-0.1, -0.05) is 11.6 Å². The SMILES string of the molecule is ClCc1cnc(N2CCN(c3ncccn3)CC2)c(Cl)c1. The van der Waals surface area contributed by atoms with Crippen LogP contribution in [0.25, 0.3) is 0 Å². The van der Waals surface area contributed by atoms with Gasteiger partial charge in [-0.25, -0.2) is 15.0 Å². The number of hydrogen-bond donors (Lipinski definition) is 0. The Morgan fingerprint density at radius 3 is 2.29 bits per heavy atom. The molecule has 3 rings (SSSR count). The molecule has 1 fully saturated rings. The number of rotatable bonds is 3. The predicted octanol–water partition coefficient (Wildman–Crippen LogP) is 2.59. The first kappa shape index (κ1) is 14.4. The lowest BCUT2D eigenvalue weighted by molar-refractivity contribution is 0.634. The van der Waals surface area contributed by atoms with Crippen LogP contribution in [0.1, 0.15) is 5.56 Å². The molecule has 0 bridgehead atoms. The van der Waals surface area contributed by atoms with Crippen molar-refractivity contribution >= 4 is 35.0 Å². The molecule has 2 aromatic heterocycles. The maximum atomic E-state index is 6.29. The van der Waals surface area contributed by atoms with Crippen LogP contribution in [0.4, 0.5) is 11.8 Å². The van der Waals surface area contributed by atoms with E-state index in [1.807, 2.05) is 12.1 Å².